The summed E-state index contributed by atoms with van der Waals surface area (Å²) in [7, 11) is -1.87. The smallest absolute Gasteiger partial charge is 0.350 e. The lowest BCUT2D eigenvalue weighted by Gasteiger charge is -2.03. The topological polar surface area (TPSA) is 94.8 Å². The summed E-state index contributed by atoms with van der Waals surface area (Å²) in [6, 6.07) is 6.48. The van der Waals surface area contributed by atoms with Gasteiger partial charge in [0.1, 0.15) is 4.88 Å². The Kier molecular flexibility index (Phi) is 6.72. The van der Waals surface area contributed by atoms with Crippen molar-refractivity contribution in [2.45, 2.75) is 32.1 Å². The second kappa shape index (κ2) is 8.62. The van der Waals surface area contributed by atoms with Crippen LogP contribution < -0.4 is 4.80 Å². The molecule has 0 radical (unpaired) electrons. The number of nitrogens with zero attached hydrogens (tertiary/aromatic N) is 2. The molecule has 0 fully saturated rings. The van der Waals surface area contributed by atoms with Crippen LogP contribution in [0.3, 0.4) is 0 Å². The zero-order valence-corrected chi connectivity index (χ0v) is 17.3. The third-order valence-electron chi connectivity index (χ3n) is 3.96. The lowest BCUT2D eigenvalue weighted by molar-refractivity contribution is -0.117. The number of aryl methyl sites for hydroxylation is 1. The first kappa shape index (κ1) is 21.0. The molecule has 0 spiro atoms. The summed E-state index contributed by atoms with van der Waals surface area (Å²) in [4.78, 5) is 28.9. The number of carbonyl (C=O) groups is 2. The molecule has 1 heterocycles. The molecule has 146 valence electrons. The molecule has 0 saturated carbocycles. The van der Waals surface area contributed by atoms with Crippen LogP contribution in [0.1, 0.15) is 34.3 Å². The molecular weight excluding hydrogens is 388 g/mol. The molecule has 27 heavy (non-hydrogen) atoms. The molecule has 9 heteroatoms. The van der Waals surface area contributed by atoms with Crippen molar-refractivity contribution in [1.29, 1.82) is 0 Å². The fourth-order valence-electron chi connectivity index (χ4n) is 2.26. The Hall–Kier alpha value is -2.26. The van der Waals surface area contributed by atoms with Gasteiger partial charge in [-0.15, -0.1) is 0 Å². The Morgan fingerprint density at radius 2 is 1.81 bits per heavy atom. The van der Waals surface area contributed by atoms with Gasteiger partial charge < -0.3 is 9.30 Å². The summed E-state index contributed by atoms with van der Waals surface area (Å²) < 4.78 is 31.3. The van der Waals surface area contributed by atoms with E-state index in [0.29, 0.717) is 15.4 Å². The second-order valence-corrected chi connectivity index (χ2v) is 9.05. The van der Waals surface area contributed by atoms with E-state index in [1.807, 2.05) is 6.92 Å². The lowest BCUT2D eigenvalue weighted by atomic mass is 10.2. The SMILES string of the molecule is CCOC(=O)c1sc(=NC(=O)CCS(=O)(=O)c2ccc(C)cc2)n(C)c1C. The van der Waals surface area contributed by atoms with Crippen LogP contribution in [0, 0.1) is 13.8 Å². The van der Waals surface area contributed by atoms with Crippen LogP contribution in [0.4, 0.5) is 0 Å². The van der Waals surface area contributed by atoms with Gasteiger partial charge in [-0.05, 0) is 32.9 Å². The molecule has 7 nitrogen and oxygen atoms in total. The van der Waals surface area contributed by atoms with Crippen molar-refractivity contribution in [1.82, 2.24) is 4.57 Å². The Labute approximate surface area is 162 Å². The zero-order valence-electron chi connectivity index (χ0n) is 15.7. The molecule has 2 aromatic rings. The number of hydrogen-bond donors (Lipinski definition) is 0. The molecule has 0 aliphatic rings. The Morgan fingerprint density at radius 1 is 1.19 bits per heavy atom. The lowest BCUT2D eigenvalue weighted by Crippen LogP contribution is -2.16. The highest BCUT2D eigenvalue weighted by Crippen LogP contribution is 2.14. The summed E-state index contributed by atoms with van der Waals surface area (Å²) in [5.41, 5.74) is 1.59. The number of esters is 1. The van der Waals surface area contributed by atoms with Gasteiger partial charge in [-0.2, -0.15) is 4.99 Å². The fourth-order valence-corrected chi connectivity index (χ4v) is 4.52. The summed E-state index contributed by atoms with van der Waals surface area (Å²) in [6.07, 6.45) is -0.234. The first-order chi connectivity index (χ1) is 12.7. The normalized spacial score (nSPS) is 12.2. The monoisotopic (exact) mass is 410 g/mol. The van der Waals surface area contributed by atoms with Crippen molar-refractivity contribution in [2.75, 3.05) is 12.4 Å². The minimum absolute atomic E-state index is 0.183. The molecule has 0 aliphatic carbocycles. The van der Waals surface area contributed by atoms with E-state index in [2.05, 4.69) is 4.99 Å². The highest BCUT2D eigenvalue weighted by Gasteiger charge is 2.18. The highest BCUT2D eigenvalue weighted by molar-refractivity contribution is 7.91. The van der Waals surface area contributed by atoms with Crippen molar-refractivity contribution in [3.8, 4) is 0 Å². The highest BCUT2D eigenvalue weighted by atomic mass is 32.2. The van der Waals surface area contributed by atoms with Gasteiger partial charge in [0.2, 0.25) is 5.91 Å². The number of ether oxygens (including phenoxy) is 1. The van der Waals surface area contributed by atoms with Crippen LogP contribution >= 0.6 is 11.3 Å². The summed E-state index contributed by atoms with van der Waals surface area (Å²) in [6.45, 7) is 5.56. The molecule has 1 aromatic carbocycles. The van der Waals surface area contributed by atoms with Crippen LogP contribution in [-0.2, 0) is 26.4 Å². The predicted molar refractivity (Wildman–Crippen MR) is 102 cm³/mol. The molecule has 2 rings (SSSR count). The molecule has 0 aliphatic heterocycles. The molecule has 1 amide bonds. The Balaban J connectivity index is 2.16. The molecule has 0 bridgehead atoms. The van der Waals surface area contributed by atoms with Crippen LogP contribution in [-0.4, -0.2) is 37.2 Å². The van der Waals surface area contributed by atoms with E-state index in [1.54, 1.807) is 37.6 Å². The van der Waals surface area contributed by atoms with Crippen LogP contribution in [0.2, 0.25) is 0 Å². The maximum absolute atomic E-state index is 12.3. The van der Waals surface area contributed by atoms with Gasteiger partial charge in [0.05, 0.1) is 17.3 Å². The summed E-state index contributed by atoms with van der Waals surface area (Å²) >= 11 is 1.05. The van der Waals surface area contributed by atoms with Gasteiger partial charge in [-0.25, -0.2) is 13.2 Å². The average Bonchev–Trinajstić information content (AvgIpc) is 2.89. The van der Waals surface area contributed by atoms with Gasteiger partial charge >= 0.3 is 5.97 Å². The van der Waals surface area contributed by atoms with E-state index in [-0.39, 0.29) is 23.7 Å². The molecule has 0 saturated heterocycles. The number of rotatable bonds is 6. The van der Waals surface area contributed by atoms with E-state index in [1.165, 1.54) is 12.1 Å². The number of benzene rings is 1. The second-order valence-electron chi connectivity index (χ2n) is 5.97. The number of amides is 1. The molecular formula is C18H22N2O5S2. The van der Waals surface area contributed by atoms with Gasteiger partial charge in [0.25, 0.3) is 0 Å². The molecule has 1 aromatic heterocycles. The van der Waals surface area contributed by atoms with Crippen LogP contribution in [0.25, 0.3) is 0 Å². The van der Waals surface area contributed by atoms with Crippen molar-refractivity contribution in [3.63, 3.8) is 0 Å². The molecule has 0 N–H and O–H groups in total. The van der Waals surface area contributed by atoms with E-state index in [4.69, 9.17) is 4.74 Å². The largest absolute Gasteiger partial charge is 0.462 e. The van der Waals surface area contributed by atoms with Crippen LogP contribution in [0.15, 0.2) is 34.2 Å². The Bertz CT molecular complexity index is 1020. The van der Waals surface area contributed by atoms with Crippen molar-refractivity contribution in [2.24, 2.45) is 12.0 Å². The third-order valence-corrected chi connectivity index (χ3v) is 6.90. The van der Waals surface area contributed by atoms with Gasteiger partial charge in [-0.1, -0.05) is 29.0 Å². The fraction of sp³-hybridized carbons (Fsp3) is 0.389. The standard InChI is InChI=1S/C18H22N2O5S2/c1-5-25-17(22)16-13(3)20(4)18(26-16)19-15(21)10-11-27(23,24)14-8-6-12(2)7-9-14/h6-9H,5,10-11H2,1-4H3. The zero-order chi connectivity index (χ0) is 20.2. The van der Waals surface area contributed by atoms with Gasteiger partial charge in [-0.3, -0.25) is 4.79 Å². The Morgan fingerprint density at radius 3 is 2.41 bits per heavy atom. The van der Waals surface area contributed by atoms with E-state index >= 15 is 0 Å². The minimum Gasteiger partial charge on any atom is -0.462 e. The predicted octanol–water partition coefficient (Wildman–Crippen LogP) is 2.17. The van der Waals surface area contributed by atoms with Crippen molar-refractivity contribution in [3.05, 3.63) is 45.2 Å². The summed E-state index contributed by atoms with van der Waals surface area (Å²) in [5.74, 6) is -1.35. The van der Waals surface area contributed by atoms with Gasteiger partial charge in [0, 0.05) is 19.2 Å². The average molecular weight is 411 g/mol. The quantitative estimate of drug-likeness (QED) is 0.680. The number of thiazole rings is 1. The number of carbonyl (C=O) groups excluding carboxylic acids is 2. The first-order valence-electron chi connectivity index (χ1n) is 8.36. The number of sulfone groups is 1. The number of hydrogen-bond acceptors (Lipinski definition) is 6. The summed E-state index contributed by atoms with van der Waals surface area (Å²) in [5, 5.41) is 0. The third kappa shape index (κ3) is 5.14. The van der Waals surface area contributed by atoms with Gasteiger partial charge in [0.15, 0.2) is 14.6 Å². The van der Waals surface area contributed by atoms with Crippen molar-refractivity contribution >= 4 is 33.1 Å². The maximum atomic E-state index is 12.3. The van der Waals surface area contributed by atoms with Crippen LogP contribution in [0.5, 0.6) is 0 Å². The van der Waals surface area contributed by atoms with E-state index in [9.17, 15) is 18.0 Å². The molecule has 0 unspecified atom stereocenters. The van der Waals surface area contributed by atoms with E-state index in [0.717, 1.165) is 16.9 Å². The first-order valence-corrected chi connectivity index (χ1v) is 10.8. The maximum Gasteiger partial charge on any atom is 0.350 e. The van der Waals surface area contributed by atoms with Crippen molar-refractivity contribution < 1.29 is 22.7 Å². The number of aromatic nitrogens is 1. The minimum atomic E-state index is -3.56. The molecule has 0 atom stereocenters. The van der Waals surface area contributed by atoms with E-state index < -0.39 is 21.7 Å².